The van der Waals surface area contributed by atoms with Gasteiger partial charge in [0.1, 0.15) is 17.5 Å². The van der Waals surface area contributed by atoms with Crippen molar-refractivity contribution >= 4 is 24.0 Å². The molecule has 112 valence electrons. The van der Waals surface area contributed by atoms with E-state index in [1.165, 1.54) is 12.8 Å². The lowest BCUT2D eigenvalue weighted by molar-refractivity contribution is 0.276. The Balaban J connectivity index is 0.00000161. The first-order valence-electron chi connectivity index (χ1n) is 6.90. The quantitative estimate of drug-likeness (QED) is 0.864. The molecule has 1 aliphatic heterocycles. The smallest absolute Gasteiger partial charge is 0.138 e. The number of rotatable bonds is 4. The van der Waals surface area contributed by atoms with E-state index in [1.54, 1.807) is 6.20 Å². The van der Waals surface area contributed by atoms with Gasteiger partial charge in [-0.15, -0.1) is 12.4 Å². The maximum Gasteiger partial charge on any atom is 0.138 e. The lowest BCUT2D eigenvalue weighted by atomic mass is 10.1. The van der Waals surface area contributed by atoms with Crippen molar-refractivity contribution in [2.45, 2.75) is 18.9 Å². The average Bonchev–Trinajstić information content (AvgIpc) is 3.01. The topological polar surface area (TPSA) is 34.1 Å². The van der Waals surface area contributed by atoms with Crippen molar-refractivity contribution in [1.29, 1.82) is 0 Å². The third-order valence-corrected chi connectivity index (χ3v) is 3.81. The molecule has 1 aliphatic rings. The van der Waals surface area contributed by atoms with Gasteiger partial charge in [-0.25, -0.2) is 4.98 Å². The fraction of sp³-hybridized carbons (Fsp3) is 0.312. The average molecular weight is 325 g/mol. The molecule has 21 heavy (non-hydrogen) atoms. The van der Waals surface area contributed by atoms with Crippen molar-refractivity contribution in [3.63, 3.8) is 0 Å². The minimum absolute atomic E-state index is 0. The summed E-state index contributed by atoms with van der Waals surface area (Å²) in [6.45, 7) is 1.76. The molecule has 5 heteroatoms. The van der Waals surface area contributed by atoms with Gasteiger partial charge in [0.2, 0.25) is 0 Å². The van der Waals surface area contributed by atoms with Crippen LogP contribution in [0, 0.1) is 0 Å². The van der Waals surface area contributed by atoms with E-state index in [0.717, 1.165) is 23.4 Å². The number of halogens is 2. The van der Waals surface area contributed by atoms with Crippen LogP contribution in [0.15, 0.2) is 42.6 Å². The Labute approximate surface area is 136 Å². The van der Waals surface area contributed by atoms with Gasteiger partial charge in [-0.05, 0) is 31.0 Å². The molecule has 1 aromatic heterocycles. The molecular weight excluding hydrogens is 307 g/mol. The maximum absolute atomic E-state index is 6.18. The van der Waals surface area contributed by atoms with Crippen LogP contribution in [0.4, 0.5) is 0 Å². The normalized spacial score (nSPS) is 17.3. The van der Waals surface area contributed by atoms with Crippen LogP contribution in [0.1, 0.15) is 12.8 Å². The molecule has 3 rings (SSSR count). The first-order valence-corrected chi connectivity index (χ1v) is 7.28. The second-order valence-corrected chi connectivity index (χ2v) is 5.34. The van der Waals surface area contributed by atoms with Gasteiger partial charge in [0.25, 0.3) is 0 Å². The highest BCUT2D eigenvalue weighted by Gasteiger charge is 2.15. The van der Waals surface area contributed by atoms with E-state index in [1.807, 2.05) is 36.4 Å². The zero-order valence-electron chi connectivity index (χ0n) is 11.6. The summed E-state index contributed by atoms with van der Waals surface area (Å²) in [5.41, 5.74) is 1.96. The lowest BCUT2D eigenvalue weighted by Gasteiger charge is -2.13. The maximum atomic E-state index is 6.18. The van der Waals surface area contributed by atoms with Gasteiger partial charge in [-0.2, -0.15) is 0 Å². The second-order valence-electron chi connectivity index (χ2n) is 4.98. The summed E-state index contributed by atoms with van der Waals surface area (Å²) in [5, 5.41) is 3.92. The predicted molar refractivity (Wildman–Crippen MR) is 88.5 cm³/mol. The van der Waals surface area contributed by atoms with Gasteiger partial charge in [0.15, 0.2) is 0 Å². The molecule has 1 aromatic carbocycles. The molecular formula is C16H18Cl2N2O. The van der Waals surface area contributed by atoms with Gasteiger partial charge in [0, 0.05) is 11.6 Å². The van der Waals surface area contributed by atoms with E-state index in [2.05, 4.69) is 10.3 Å². The fourth-order valence-electron chi connectivity index (χ4n) is 2.42. The molecule has 0 aliphatic carbocycles. The van der Waals surface area contributed by atoms with Crippen molar-refractivity contribution in [2.75, 3.05) is 13.2 Å². The summed E-state index contributed by atoms with van der Waals surface area (Å²) < 4.78 is 5.82. The van der Waals surface area contributed by atoms with Crippen LogP contribution in [0.25, 0.3) is 11.1 Å². The Kier molecular flexibility index (Phi) is 5.85. The van der Waals surface area contributed by atoms with Crippen LogP contribution >= 0.6 is 24.0 Å². The number of benzene rings is 1. The summed E-state index contributed by atoms with van der Waals surface area (Å²) in [6, 6.07) is 12.4. The molecule has 1 atom stereocenters. The zero-order chi connectivity index (χ0) is 13.8. The van der Waals surface area contributed by atoms with Gasteiger partial charge in [-0.3, -0.25) is 0 Å². The highest BCUT2D eigenvalue weighted by molar-refractivity contribution is 6.32. The SMILES string of the molecule is Cl.Clc1ncc(OC[C@H]2CCCN2)cc1-c1ccccc1. The highest BCUT2D eigenvalue weighted by Crippen LogP contribution is 2.29. The minimum Gasteiger partial charge on any atom is -0.490 e. The molecule has 2 heterocycles. The largest absolute Gasteiger partial charge is 0.490 e. The molecule has 0 saturated carbocycles. The second kappa shape index (κ2) is 7.64. The standard InChI is InChI=1S/C16H17ClN2O.ClH/c17-16-15(12-5-2-1-3-6-12)9-14(10-19-16)20-11-13-7-4-8-18-13;/h1-3,5-6,9-10,13,18H,4,7-8,11H2;1H/t13-;/m1./s1. The van der Waals surface area contributed by atoms with Gasteiger partial charge < -0.3 is 10.1 Å². The molecule has 1 N–H and O–H groups in total. The zero-order valence-corrected chi connectivity index (χ0v) is 13.2. The number of nitrogens with zero attached hydrogens (tertiary/aromatic N) is 1. The van der Waals surface area contributed by atoms with Crippen molar-refractivity contribution in [2.24, 2.45) is 0 Å². The Morgan fingerprint density at radius 2 is 2.10 bits per heavy atom. The summed E-state index contributed by atoms with van der Waals surface area (Å²) in [4.78, 5) is 4.22. The van der Waals surface area contributed by atoms with Crippen molar-refractivity contribution in [1.82, 2.24) is 10.3 Å². The fourth-order valence-corrected chi connectivity index (χ4v) is 2.64. The molecule has 3 nitrogen and oxygen atoms in total. The molecule has 1 fully saturated rings. The van der Waals surface area contributed by atoms with E-state index in [0.29, 0.717) is 17.8 Å². The van der Waals surface area contributed by atoms with Gasteiger partial charge in [-0.1, -0.05) is 41.9 Å². The van der Waals surface area contributed by atoms with Crippen LogP contribution < -0.4 is 10.1 Å². The number of aromatic nitrogens is 1. The van der Waals surface area contributed by atoms with Gasteiger partial charge in [0.05, 0.1) is 6.20 Å². The first kappa shape index (κ1) is 16.1. The summed E-state index contributed by atoms with van der Waals surface area (Å²) >= 11 is 6.18. The molecule has 1 saturated heterocycles. The monoisotopic (exact) mass is 324 g/mol. The Bertz CT molecular complexity index is 572. The number of pyridine rings is 1. The van der Waals surface area contributed by atoms with E-state index >= 15 is 0 Å². The lowest BCUT2D eigenvalue weighted by Crippen LogP contribution is -2.28. The third-order valence-electron chi connectivity index (χ3n) is 3.51. The van der Waals surface area contributed by atoms with E-state index < -0.39 is 0 Å². The first-order chi connectivity index (χ1) is 9.83. The van der Waals surface area contributed by atoms with Crippen molar-refractivity contribution in [3.8, 4) is 16.9 Å². The van der Waals surface area contributed by atoms with E-state index in [4.69, 9.17) is 16.3 Å². The van der Waals surface area contributed by atoms with Crippen LogP contribution in [0.2, 0.25) is 5.15 Å². The summed E-state index contributed by atoms with van der Waals surface area (Å²) in [7, 11) is 0. The van der Waals surface area contributed by atoms with E-state index in [9.17, 15) is 0 Å². The number of hydrogen-bond donors (Lipinski definition) is 1. The van der Waals surface area contributed by atoms with Crippen molar-refractivity contribution < 1.29 is 4.74 Å². The number of ether oxygens (including phenoxy) is 1. The molecule has 2 aromatic rings. The number of hydrogen-bond acceptors (Lipinski definition) is 3. The molecule has 0 bridgehead atoms. The van der Waals surface area contributed by atoms with Crippen LogP contribution in [0.3, 0.4) is 0 Å². The predicted octanol–water partition coefficient (Wildman–Crippen LogP) is 3.95. The molecule has 0 amide bonds. The van der Waals surface area contributed by atoms with Crippen LogP contribution in [-0.2, 0) is 0 Å². The van der Waals surface area contributed by atoms with E-state index in [-0.39, 0.29) is 12.4 Å². The Morgan fingerprint density at radius 1 is 1.29 bits per heavy atom. The molecule has 0 radical (unpaired) electrons. The Morgan fingerprint density at radius 3 is 2.81 bits per heavy atom. The summed E-state index contributed by atoms with van der Waals surface area (Å²) in [6.07, 6.45) is 4.08. The Hall–Kier alpha value is -1.29. The third kappa shape index (κ3) is 4.10. The van der Waals surface area contributed by atoms with Crippen LogP contribution in [-0.4, -0.2) is 24.2 Å². The number of nitrogens with one attached hydrogen (secondary N) is 1. The highest BCUT2D eigenvalue weighted by atomic mass is 35.5. The molecule has 0 spiro atoms. The van der Waals surface area contributed by atoms with Gasteiger partial charge >= 0.3 is 0 Å². The van der Waals surface area contributed by atoms with Crippen LogP contribution in [0.5, 0.6) is 5.75 Å². The minimum atomic E-state index is 0. The summed E-state index contributed by atoms with van der Waals surface area (Å²) in [5.74, 6) is 0.766. The van der Waals surface area contributed by atoms with Crippen molar-refractivity contribution in [3.05, 3.63) is 47.7 Å². The molecule has 0 unspecified atom stereocenters.